The molecule has 0 aromatic heterocycles. The number of alkyl halides is 3. The Labute approximate surface area is 291 Å². The van der Waals surface area contributed by atoms with E-state index in [4.69, 9.17) is 27.9 Å². The van der Waals surface area contributed by atoms with Gasteiger partial charge in [0.15, 0.2) is 5.66 Å². The Hall–Kier alpha value is -2.53. The lowest BCUT2D eigenvalue weighted by Gasteiger charge is -2.41. The van der Waals surface area contributed by atoms with E-state index in [1.165, 1.54) is 0 Å². The summed E-state index contributed by atoms with van der Waals surface area (Å²) in [6, 6.07) is 20.3. The predicted molar refractivity (Wildman–Crippen MR) is 184 cm³/mol. The summed E-state index contributed by atoms with van der Waals surface area (Å²) in [6.45, 7) is 9.86. The van der Waals surface area contributed by atoms with Gasteiger partial charge in [0, 0.05) is 48.3 Å². The monoisotopic (exact) mass is 712 g/mol. The van der Waals surface area contributed by atoms with E-state index in [-0.39, 0.29) is 42.4 Å². The molecule has 2 aliphatic rings. The summed E-state index contributed by atoms with van der Waals surface area (Å²) in [4.78, 5) is 18.4. The standard InChI is InChI=1S/C35H41Cl2F3N4O2.ClH/c1-5-46-29-22-25(33(2,3)4)10-15-28(29)35(32(45)44-20-18-43(19-21-44)17-16-34(38,39)40)41-30(23-6-11-26(36)12-7-23)31(42-35)24-8-13-27(37)14-9-24;/h6-15,22,30-31,41-42H,5,16-21H2,1-4H3;1H/t30-,31+,35?;. The quantitative estimate of drug-likeness (QED) is 0.248. The Morgan fingerprint density at radius 1 is 0.872 bits per heavy atom. The van der Waals surface area contributed by atoms with Gasteiger partial charge in [-0.15, -0.1) is 12.4 Å². The van der Waals surface area contributed by atoms with Gasteiger partial charge in [0.1, 0.15) is 5.75 Å². The first-order valence-electron chi connectivity index (χ1n) is 15.6. The highest BCUT2D eigenvalue weighted by molar-refractivity contribution is 6.30. The SMILES string of the molecule is CCOc1cc(C(C)(C)C)ccc1C1(C(=O)N2CCN(CCC(F)(F)F)CC2)N[C@H](c2ccc(Cl)cc2)[C@H](c2ccc(Cl)cc2)N1.Cl. The molecular weight excluding hydrogens is 672 g/mol. The third-order valence-corrected chi connectivity index (χ3v) is 9.28. The van der Waals surface area contributed by atoms with Gasteiger partial charge in [0.05, 0.1) is 25.1 Å². The maximum atomic E-state index is 15.0. The van der Waals surface area contributed by atoms with Crippen molar-refractivity contribution in [3.63, 3.8) is 0 Å². The van der Waals surface area contributed by atoms with Crippen molar-refractivity contribution in [2.45, 2.75) is 63.5 Å². The van der Waals surface area contributed by atoms with Crippen LogP contribution in [0.5, 0.6) is 5.75 Å². The predicted octanol–water partition coefficient (Wildman–Crippen LogP) is 8.04. The number of nitrogens with zero attached hydrogens (tertiary/aromatic N) is 2. The number of nitrogens with one attached hydrogen (secondary N) is 2. The summed E-state index contributed by atoms with van der Waals surface area (Å²) in [5.74, 6) is 0.363. The third-order valence-electron chi connectivity index (χ3n) is 8.78. The fraction of sp³-hybridized carbons (Fsp3) is 0.457. The van der Waals surface area contributed by atoms with Gasteiger partial charge < -0.3 is 9.64 Å². The second-order valence-electron chi connectivity index (χ2n) is 13.0. The first kappa shape index (κ1) is 37.3. The van der Waals surface area contributed by atoms with Crippen molar-refractivity contribution in [3.05, 3.63) is 99.0 Å². The number of carbonyl (C=O) groups excluding carboxylic acids is 1. The number of ether oxygens (including phenoxy) is 1. The van der Waals surface area contributed by atoms with E-state index in [1.54, 1.807) is 9.80 Å². The summed E-state index contributed by atoms with van der Waals surface area (Å²) in [5.41, 5.74) is 1.96. The lowest BCUT2D eigenvalue weighted by molar-refractivity contribution is -0.145. The minimum absolute atomic E-state index is 0. The average molecular weight is 714 g/mol. The van der Waals surface area contributed by atoms with Gasteiger partial charge in [0.25, 0.3) is 5.91 Å². The van der Waals surface area contributed by atoms with E-state index >= 15 is 0 Å². The Morgan fingerprint density at radius 3 is 1.83 bits per heavy atom. The van der Waals surface area contributed by atoms with Gasteiger partial charge in [-0.25, -0.2) is 0 Å². The number of hydrogen-bond donors (Lipinski definition) is 2. The minimum Gasteiger partial charge on any atom is -0.493 e. The summed E-state index contributed by atoms with van der Waals surface area (Å²) in [7, 11) is 0. The molecule has 0 radical (unpaired) electrons. The zero-order chi connectivity index (χ0) is 33.3. The first-order chi connectivity index (χ1) is 21.7. The number of carbonyl (C=O) groups is 1. The lowest BCUT2D eigenvalue weighted by atomic mass is 9.84. The molecule has 2 aliphatic heterocycles. The normalized spacial score (nSPS) is 22.2. The van der Waals surface area contributed by atoms with E-state index in [1.807, 2.05) is 73.7 Å². The topological polar surface area (TPSA) is 56.8 Å². The highest BCUT2D eigenvalue weighted by Gasteiger charge is 2.54. The van der Waals surface area contributed by atoms with E-state index < -0.39 is 18.3 Å². The van der Waals surface area contributed by atoms with Crippen molar-refractivity contribution < 1.29 is 22.7 Å². The highest BCUT2D eigenvalue weighted by Crippen LogP contribution is 2.45. The van der Waals surface area contributed by atoms with Crippen LogP contribution in [0.1, 0.15) is 68.5 Å². The van der Waals surface area contributed by atoms with E-state index in [0.29, 0.717) is 54.1 Å². The largest absolute Gasteiger partial charge is 0.493 e. The second kappa shape index (κ2) is 14.9. The molecule has 12 heteroatoms. The van der Waals surface area contributed by atoms with Gasteiger partial charge in [0.2, 0.25) is 0 Å². The molecule has 2 fully saturated rings. The average Bonchev–Trinajstić information content (AvgIpc) is 3.42. The Morgan fingerprint density at radius 2 is 1.38 bits per heavy atom. The van der Waals surface area contributed by atoms with E-state index in [2.05, 4.69) is 31.4 Å². The molecule has 1 amide bonds. The van der Waals surface area contributed by atoms with Gasteiger partial charge in [-0.2, -0.15) is 13.2 Å². The molecule has 1 unspecified atom stereocenters. The van der Waals surface area contributed by atoms with E-state index in [0.717, 1.165) is 16.7 Å². The van der Waals surface area contributed by atoms with Crippen LogP contribution >= 0.6 is 35.6 Å². The minimum atomic E-state index is -4.23. The van der Waals surface area contributed by atoms with Crippen LogP contribution in [0.3, 0.4) is 0 Å². The Bertz CT molecular complexity index is 1450. The lowest BCUT2D eigenvalue weighted by Crippen LogP contribution is -2.62. The Kier molecular flexibility index (Phi) is 11.8. The zero-order valence-corrected chi connectivity index (χ0v) is 29.3. The number of benzene rings is 3. The van der Waals surface area contributed by atoms with E-state index in [9.17, 15) is 18.0 Å². The van der Waals surface area contributed by atoms with Gasteiger partial charge in [-0.1, -0.05) is 80.4 Å². The van der Waals surface area contributed by atoms with Gasteiger partial charge in [-0.3, -0.25) is 20.3 Å². The smallest absolute Gasteiger partial charge is 0.390 e. The van der Waals surface area contributed by atoms with Crippen LogP contribution in [0.25, 0.3) is 0 Å². The number of hydrogen-bond acceptors (Lipinski definition) is 5. The van der Waals surface area contributed by atoms with Crippen LogP contribution in [-0.4, -0.2) is 61.2 Å². The molecule has 3 atom stereocenters. The molecule has 0 saturated carbocycles. The number of halogens is 6. The van der Waals surface area contributed by atoms with Crippen molar-refractivity contribution in [1.29, 1.82) is 0 Å². The van der Waals surface area contributed by atoms with Crippen LogP contribution in [0, 0.1) is 0 Å². The van der Waals surface area contributed by atoms with Crippen molar-refractivity contribution in [3.8, 4) is 5.75 Å². The molecule has 2 heterocycles. The maximum absolute atomic E-state index is 15.0. The van der Waals surface area contributed by atoms with Crippen molar-refractivity contribution in [1.82, 2.24) is 20.4 Å². The zero-order valence-electron chi connectivity index (χ0n) is 27.0. The summed E-state index contributed by atoms with van der Waals surface area (Å²) in [5, 5.41) is 8.61. The van der Waals surface area contributed by atoms with Gasteiger partial charge >= 0.3 is 6.18 Å². The second-order valence-corrected chi connectivity index (χ2v) is 13.9. The fourth-order valence-electron chi connectivity index (χ4n) is 6.23. The van der Waals surface area contributed by atoms with Gasteiger partial charge in [-0.05, 0) is 59.4 Å². The molecule has 2 N–H and O–H groups in total. The molecule has 3 aromatic rings. The molecule has 6 nitrogen and oxygen atoms in total. The Balaban J connectivity index is 0.00000500. The van der Waals surface area contributed by atoms with Crippen LogP contribution in [0.15, 0.2) is 66.7 Å². The fourth-order valence-corrected chi connectivity index (χ4v) is 6.48. The summed E-state index contributed by atoms with van der Waals surface area (Å²) in [6.07, 6.45) is -5.10. The third kappa shape index (κ3) is 8.56. The molecule has 2 saturated heterocycles. The van der Waals surface area contributed by atoms with Crippen molar-refractivity contribution in [2.75, 3.05) is 39.3 Å². The summed E-state index contributed by atoms with van der Waals surface area (Å²) < 4.78 is 45.0. The number of rotatable bonds is 8. The number of amides is 1. The van der Waals surface area contributed by atoms with Crippen LogP contribution in [0.4, 0.5) is 13.2 Å². The molecule has 0 aliphatic carbocycles. The molecule has 5 rings (SSSR count). The molecule has 256 valence electrons. The summed E-state index contributed by atoms with van der Waals surface area (Å²) >= 11 is 12.5. The number of piperazine rings is 1. The maximum Gasteiger partial charge on any atom is 0.390 e. The first-order valence-corrected chi connectivity index (χ1v) is 16.4. The molecular formula is C35H42Cl3F3N4O2. The van der Waals surface area contributed by atoms with Crippen molar-refractivity contribution >= 4 is 41.5 Å². The molecule has 3 aromatic carbocycles. The molecule has 47 heavy (non-hydrogen) atoms. The van der Waals surface area contributed by atoms with Crippen LogP contribution in [-0.2, 0) is 15.9 Å². The van der Waals surface area contributed by atoms with Crippen molar-refractivity contribution in [2.24, 2.45) is 0 Å². The van der Waals surface area contributed by atoms with Crippen LogP contribution in [0.2, 0.25) is 10.0 Å². The molecule has 0 bridgehead atoms. The highest BCUT2D eigenvalue weighted by atomic mass is 35.5. The van der Waals surface area contributed by atoms with Crippen LogP contribution < -0.4 is 15.4 Å². The molecule has 0 spiro atoms.